The van der Waals surface area contributed by atoms with Crippen molar-refractivity contribution in [2.45, 2.75) is 12.8 Å². The van der Waals surface area contributed by atoms with Crippen molar-refractivity contribution in [3.63, 3.8) is 0 Å². The molecule has 0 bridgehead atoms. The number of para-hydroxylation sites is 1. The molecule has 0 aromatic heterocycles. The summed E-state index contributed by atoms with van der Waals surface area (Å²) < 4.78 is 5.58. The van der Waals surface area contributed by atoms with Crippen LogP contribution >= 0.6 is 0 Å². The normalized spacial score (nSPS) is 10.4. The van der Waals surface area contributed by atoms with E-state index < -0.39 is 5.97 Å². The van der Waals surface area contributed by atoms with Crippen molar-refractivity contribution in [1.29, 1.82) is 0 Å². The van der Waals surface area contributed by atoms with Crippen LogP contribution in [0.15, 0.2) is 43.0 Å². The number of hydrogen-bond donors (Lipinski definition) is 1. The topological polar surface area (TPSA) is 46.5 Å². The highest BCUT2D eigenvalue weighted by molar-refractivity contribution is 5.85. The molecule has 0 saturated heterocycles. The fraction of sp³-hybridized carbons (Fsp3) is 0.214. The first-order chi connectivity index (χ1) is 8.24. The van der Waals surface area contributed by atoms with Gasteiger partial charge in [0, 0.05) is 11.6 Å². The molecule has 1 aromatic carbocycles. The molecule has 0 amide bonds. The molecule has 0 spiro atoms. The molecule has 0 atom stereocenters. The Morgan fingerprint density at radius 3 is 2.88 bits per heavy atom. The van der Waals surface area contributed by atoms with Crippen LogP contribution in [-0.2, 0) is 4.79 Å². The fourth-order valence-electron chi connectivity index (χ4n) is 1.32. The van der Waals surface area contributed by atoms with Crippen molar-refractivity contribution in [1.82, 2.24) is 0 Å². The minimum atomic E-state index is -0.966. The third-order valence-corrected chi connectivity index (χ3v) is 2.13. The molecule has 1 aromatic rings. The van der Waals surface area contributed by atoms with E-state index in [-0.39, 0.29) is 0 Å². The SMILES string of the molecule is C=CCCCOc1ccccc1C=CC(=O)O. The standard InChI is InChI=1S/C14H16O3/c1-2-3-6-11-17-13-8-5-4-7-12(13)9-10-14(15)16/h2,4-5,7-10H,1,3,6,11H2,(H,15,16). The van der Waals surface area contributed by atoms with Crippen LogP contribution in [0.1, 0.15) is 18.4 Å². The molecule has 3 nitrogen and oxygen atoms in total. The minimum absolute atomic E-state index is 0.601. The summed E-state index contributed by atoms with van der Waals surface area (Å²) in [4.78, 5) is 10.4. The number of carboxylic acid groups (broad SMARTS) is 1. The maximum atomic E-state index is 10.4. The van der Waals surface area contributed by atoms with Crippen molar-refractivity contribution in [2.24, 2.45) is 0 Å². The van der Waals surface area contributed by atoms with Gasteiger partial charge in [-0.1, -0.05) is 24.3 Å². The van der Waals surface area contributed by atoms with Crippen molar-refractivity contribution in [3.8, 4) is 5.75 Å². The summed E-state index contributed by atoms with van der Waals surface area (Å²) in [6.45, 7) is 4.24. The average Bonchev–Trinajstić information content (AvgIpc) is 2.33. The summed E-state index contributed by atoms with van der Waals surface area (Å²) in [6.07, 6.45) is 6.30. The van der Waals surface area contributed by atoms with E-state index in [4.69, 9.17) is 9.84 Å². The Morgan fingerprint density at radius 1 is 1.41 bits per heavy atom. The first-order valence-corrected chi connectivity index (χ1v) is 5.48. The van der Waals surface area contributed by atoms with Gasteiger partial charge < -0.3 is 9.84 Å². The lowest BCUT2D eigenvalue weighted by molar-refractivity contribution is -0.131. The number of aliphatic carboxylic acids is 1. The minimum Gasteiger partial charge on any atom is -0.493 e. The predicted molar refractivity (Wildman–Crippen MR) is 68.0 cm³/mol. The van der Waals surface area contributed by atoms with Gasteiger partial charge in [-0.05, 0) is 25.0 Å². The highest BCUT2D eigenvalue weighted by Crippen LogP contribution is 2.19. The zero-order chi connectivity index (χ0) is 12.5. The van der Waals surface area contributed by atoms with Crippen molar-refractivity contribution >= 4 is 12.0 Å². The Morgan fingerprint density at radius 2 is 2.18 bits per heavy atom. The zero-order valence-electron chi connectivity index (χ0n) is 9.63. The van der Waals surface area contributed by atoms with Crippen LogP contribution in [-0.4, -0.2) is 17.7 Å². The Kier molecular flexibility index (Phi) is 5.58. The maximum absolute atomic E-state index is 10.4. The van der Waals surface area contributed by atoms with E-state index in [0.717, 1.165) is 24.5 Å². The number of carbonyl (C=O) groups is 1. The van der Waals surface area contributed by atoms with Gasteiger partial charge in [-0.2, -0.15) is 0 Å². The molecule has 1 rings (SSSR count). The molecule has 0 radical (unpaired) electrons. The molecule has 90 valence electrons. The van der Waals surface area contributed by atoms with Gasteiger partial charge in [0.25, 0.3) is 0 Å². The van der Waals surface area contributed by atoms with Gasteiger partial charge in [-0.15, -0.1) is 6.58 Å². The second-order valence-corrected chi connectivity index (χ2v) is 3.49. The second-order valence-electron chi connectivity index (χ2n) is 3.49. The van der Waals surface area contributed by atoms with Crippen LogP contribution < -0.4 is 4.74 Å². The molecule has 17 heavy (non-hydrogen) atoms. The van der Waals surface area contributed by atoms with E-state index in [1.807, 2.05) is 30.3 Å². The summed E-state index contributed by atoms with van der Waals surface area (Å²) in [7, 11) is 0. The summed E-state index contributed by atoms with van der Waals surface area (Å²) in [5.74, 6) is -0.263. The number of allylic oxidation sites excluding steroid dienone is 1. The van der Waals surface area contributed by atoms with Crippen molar-refractivity contribution < 1.29 is 14.6 Å². The number of rotatable bonds is 7. The highest BCUT2D eigenvalue weighted by atomic mass is 16.5. The molecule has 0 unspecified atom stereocenters. The molecule has 1 N–H and O–H groups in total. The molecule has 3 heteroatoms. The summed E-state index contributed by atoms with van der Waals surface area (Å²) in [5.41, 5.74) is 0.772. The molecule has 0 saturated carbocycles. The summed E-state index contributed by atoms with van der Waals surface area (Å²) in [6, 6.07) is 7.36. The van der Waals surface area contributed by atoms with E-state index in [1.165, 1.54) is 6.08 Å². The monoisotopic (exact) mass is 232 g/mol. The Bertz CT molecular complexity index is 408. The van der Waals surface area contributed by atoms with Crippen LogP contribution in [0.2, 0.25) is 0 Å². The number of benzene rings is 1. The molecule has 0 aliphatic carbocycles. The predicted octanol–water partition coefficient (Wildman–Crippen LogP) is 3.13. The van der Waals surface area contributed by atoms with E-state index >= 15 is 0 Å². The third-order valence-electron chi connectivity index (χ3n) is 2.13. The van der Waals surface area contributed by atoms with E-state index in [9.17, 15) is 4.79 Å². The van der Waals surface area contributed by atoms with Gasteiger partial charge in [0.05, 0.1) is 6.61 Å². The van der Waals surface area contributed by atoms with E-state index in [1.54, 1.807) is 0 Å². The van der Waals surface area contributed by atoms with Gasteiger partial charge in [0.2, 0.25) is 0 Å². The first kappa shape index (κ1) is 13.0. The largest absolute Gasteiger partial charge is 0.493 e. The van der Waals surface area contributed by atoms with Crippen molar-refractivity contribution in [2.75, 3.05) is 6.61 Å². The lowest BCUT2D eigenvalue weighted by atomic mass is 10.2. The maximum Gasteiger partial charge on any atom is 0.328 e. The number of hydrogen-bond acceptors (Lipinski definition) is 2. The Balaban J connectivity index is 2.64. The molecule has 0 heterocycles. The van der Waals surface area contributed by atoms with Crippen molar-refractivity contribution in [3.05, 3.63) is 48.6 Å². The van der Waals surface area contributed by atoms with Crippen LogP contribution in [0.5, 0.6) is 5.75 Å². The smallest absolute Gasteiger partial charge is 0.328 e. The summed E-state index contributed by atoms with van der Waals surface area (Å²) in [5, 5.41) is 8.57. The molecular weight excluding hydrogens is 216 g/mol. The molecule has 0 fully saturated rings. The lowest BCUT2D eigenvalue weighted by Crippen LogP contribution is -1.98. The van der Waals surface area contributed by atoms with Crippen LogP contribution in [0.4, 0.5) is 0 Å². The fourth-order valence-corrected chi connectivity index (χ4v) is 1.32. The Hall–Kier alpha value is -2.03. The van der Waals surface area contributed by atoms with Gasteiger partial charge >= 0.3 is 5.97 Å². The lowest BCUT2D eigenvalue weighted by Gasteiger charge is -2.08. The molecule has 0 aliphatic heterocycles. The number of unbranched alkanes of at least 4 members (excludes halogenated alkanes) is 1. The molecule has 0 aliphatic rings. The van der Waals surface area contributed by atoms with Gasteiger partial charge in [0.1, 0.15) is 5.75 Å². The molecular formula is C14H16O3. The zero-order valence-corrected chi connectivity index (χ0v) is 9.63. The van der Waals surface area contributed by atoms with Gasteiger partial charge in [0.15, 0.2) is 0 Å². The van der Waals surface area contributed by atoms with Crippen LogP contribution in [0.25, 0.3) is 6.08 Å². The van der Waals surface area contributed by atoms with Gasteiger partial charge in [-0.25, -0.2) is 4.79 Å². The van der Waals surface area contributed by atoms with E-state index in [2.05, 4.69) is 6.58 Å². The second kappa shape index (κ2) is 7.28. The Labute approximate surface area is 101 Å². The third kappa shape index (κ3) is 5.02. The van der Waals surface area contributed by atoms with Gasteiger partial charge in [-0.3, -0.25) is 0 Å². The first-order valence-electron chi connectivity index (χ1n) is 5.48. The van der Waals surface area contributed by atoms with Crippen LogP contribution in [0.3, 0.4) is 0 Å². The quantitative estimate of drug-likeness (QED) is 0.446. The van der Waals surface area contributed by atoms with E-state index in [0.29, 0.717) is 12.4 Å². The van der Waals surface area contributed by atoms with Crippen LogP contribution in [0, 0.1) is 0 Å². The highest BCUT2D eigenvalue weighted by Gasteiger charge is 1.99. The number of carboxylic acids is 1. The summed E-state index contributed by atoms with van der Waals surface area (Å²) >= 11 is 0. The number of ether oxygens (including phenoxy) is 1. The average molecular weight is 232 g/mol.